The van der Waals surface area contributed by atoms with Crippen LogP contribution >= 0.6 is 0 Å². The summed E-state index contributed by atoms with van der Waals surface area (Å²) in [6.45, 7) is 4.15. The standard InChI is InChI=1S/C15H22FN3O2/c1-2-6-17-7-8-18-15(21)11-19-14(20)10-12-4-3-5-13(16)9-12/h3-5,9,17H,2,6-8,10-11H2,1H3,(H,18,21)(H,19,20). The second-order valence-corrected chi connectivity index (χ2v) is 4.68. The molecule has 1 aromatic carbocycles. The fourth-order valence-electron chi connectivity index (χ4n) is 1.73. The lowest BCUT2D eigenvalue weighted by Gasteiger charge is -2.07. The van der Waals surface area contributed by atoms with Crippen LogP contribution in [0.25, 0.3) is 0 Å². The molecule has 0 heterocycles. The van der Waals surface area contributed by atoms with Gasteiger partial charge in [-0.2, -0.15) is 0 Å². The van der Waals surface area contributed by atoms with Gasteiger partial charge in [-0.15, -0.1) is 0 Å². The Labute approximate surface area is 124 Å². The van der Waals surface area contributed by atoms with E-state index in [0.29, 0.717) is 18.7 Å². The maximum atomic E-state index is 13.0. The predicted molar refractivity (Wildman–Crippen MR) is 79.3 cm³/mol. The summed E-state index contributed by atoms with van der Waals surface area (Å²) in [6.07, 6.45) is 1.10. The van der Waals surface area contributed by atoms with Gasteiger partial charge in [0, 0.05) is 13.1 Å². The molecular weight excluding hydrogens is 273 g/mol. The number of benzene rings is 1. The summed E-state index contributed by atoms with van der Waals surface area (Å²) in [7, 11) is 0. The van der Waals surface area contributed by atoms with E-state index in [0.717, 1.165) is 13.0 Å². The Kier molecular flexibility index (Phi) is 8.04. The van der Waals surface area contributed by atoms with Crippen molar-refractivity contribution in [2.45, 2.75) is 19.8 Å². The molecule has 5 nitrogen and oxygen atoms in total. The van der Waals surface area contributed by atoms with Gasteiger partial charge < -0.3 is 16.0 Å². The topological polar surface area (TPSA) is 70.2 Å². The Balaban J connectivity index is 2.16. The van der Waals surface area contributed by atoms with Gasteiger partial charge in [0.05, 0.1) is 13.0 Å². The van der Waals surface area contributed by atoms with Crippen LogP contribution in [0, 0.1) is 5.82 Å². The number of carbonyl (C=O) groups excluding carboxylic acids is 2. The van der Waals surface area contributed by atoms with Crippen LogP contribution in [0.3, 0.4) is 0 Å². The van der Waals surface area contributed by atoms with Crippen LogP contribution in [0.1, 0.15) is 18.9 Å². The van der Waals surface area contributed by atoms with Crippen LogP contribution in [0.5, 0.6) is 0 Å². The summed E-state index contributed by atoms with van der Waals surface area (Å²) in [4.78, 5) is 23.1. The number of carbonyl (C=O) groups is 2. The van der Waals surface area contributed by atoms with Crippen molar-refractivity contribution < 1.29 is 14.0 Å². The zero-order chi connectivity index (χ0) is 15.5. The maximum absolute atomic E-state index is 13.0. The third kappa shape index (κ3) is 8.04. The summed E-state index contributed by atoms with van der Waals surface area (Å²) in [5.74, 6) is -0.918. The first-order valence-corrected chi connectivity index (χ1v) is 7.10. The van der Waals surface area contributed by atoms with E-state index >= 15 is 0 Å². The zero-order valence-corrected chi connectivity index (χ0v) is 12.2. The summed E-state index contributed by atoms with van der Waals surface area (Å²) < 4.78 is 13.0. The molecule has 1 aromatic rings. The predicted octanol–water partition coefficient (Wildman–Crippen LogP) is 0.600. The fraction of sp³-hybridized carbons (Fsp3) is 0.467. The number of rotatable bonds is 9. The smallest absolute Gasteiger partial charge is 0.239 e. The summed E-state index contributed by atoms with van der Waals surface area (Å²) in [5.41, 5.74) is 0.580. The molecule has 0 aliphatic rings. The van der Waals surface area contributed by atoms with E-state index in [-0.39, 0.29) is 30.6 Å². The lowest BCUT2D eigenvalue weighted by atomic mass is 10.1. The molecule has 6 heteroatoms. The lowest BCUT2D eigenvalue weighted by molar-refractivity contribution is -0.125. The minimum atomic E-state index is -0.377. The molecule has 0 aromatic heterocycles. The molecule has 1 rings (SSSR count). The molecule has 116 valence electrons. The third-order valence-corrected chi connectivity index (χ3v) is 2.75. The van der Waals surface area contributed by atoms with Crippen LogP contribution < -0.4 is 16.0 Å². The molecule has 0 spiro atoms. The van der Waals surface area contributed by atoms with Crippen molar-refractivity contribution in [2.24, 2.45) is 0 Å². The average molecular weight is 295 g/mol. The van der Waals surface area contributed by atoms with E-state index in [9.17, 15) is 14.0 Å². The minimum absolute atomic E-state index is 0.0586. The fourth-order valence-corrected chi connectivity index (χ4v) is 1.73. The summed E-state index contributed by atoms with van der Waals surface area (Å²) in [6, 6.07) is 5.84. The van der Waals surface area contributed by atoms with Crippen molar-refractivity contribution in [1.29, 1.82) is 0 Å². The Bertz CT molecular complexity index is 466. The van der Waals surface area contributed by atoms with Crippen molar-refractivity contribution in [3.63, 3.8) is 0 Å². The van der Waals surface area contributed by atoms with Crippen molar-refractivity contribution in [3.8, 4) is 0 Å². The molecule has 0 saturated heterocycles. The first-order chi connectivity index (χ1) is 10.1. The average Bonchev–Trinajstić information content (AvgIpc) is 2.45. The van der Waals surface area contributed by atoms with E-state index < -0.39 is 0 Å². The molecule has 0 unspecified atom stereocenters. The first-order valence-electron chi connectivity index (χ1n) is 7.10. The molecule has 0 atom stereocenters. The monoisotopic (exact) mass is 295 g/mol. The van der Waals surface area contributed by atoms with Crippen LogP contribution in [0.15, 0.2) is 24.3 Å². The van der Waals surface area contributed by atoms with Crippen molar-refractivity contribution >= 4 is 11.8 Å². The molecule has 0 saturated carbocycles. The first kappa shape index (κ1) is 17.1. The van der Waals surface area contributed by atoms with Gasteiger partial charge in [0.15, 0.2) is 0 Å². The van der Waals surface area contributed by atoms with Crippen LogP contribution in [0.4, 0.5) is 4.39 Å². The van der Waals surface area contributed by atoms with Gasteiger partial charge in [-0.1, -0.05) is 19.1 Å². The molecule has 0 fully saturated rings. The van der Waals surface area contributed by atoms with Crippen molar-refractivity contribution in [3.05, 3.63) is 35.6 Å². The highest BCUT2D eigenvalue weighted by molar-refractivity contribution is 5.85. The van der Waals surface area contributed by atoms with Gasteiger partial charge in [-0.05, 0) is 30.7 Å². The van der Waals surface area contributed by atoms with E-state index in [4.69, 9.17) is 0 Å². The second-order valence-electron chi connectivity index (χ2n) is 4.68. The van der Waals surface area contributed by atoms with Gasteiger partial charge in [0.2, 0.25) is 11.8 Å². The van der Waals surface area contributed by atoms with Crippen LogP contribution in [0.2, 0.25) is 0 Å². The number of amides is 2. The molecule has 0 radical (unpaired) electrons. The van der Waals surface area contributed by atoms with E-state index in [1.165, 1.54) is 12.1 Å². The highest BCUT2D eigenvalue weighted by Gasteiger charge is 2.06. The molecular formula is C15H22FN3O2. The number of halogens is 1. The second kappa shape index (κ2) is 9.88. The summed E-state index contributed by atoms with van der Waals surface area (Å²) >= 11 is 0. The Morgan fingerprint density at radius 2 is 1.90 bits per heavy atom. The van der Waals surface area contributed by atoms with Gasteiger partial charge in [0.1, 0.15) is 5.82 Å². The third-order valence-electron chi connectivity index (χ3n) is 2.75. The number of hydrogen-bond donors (Lipinski definition) is 3. The maximum Gasteiger partial charge on any atom is 0.239 e. The minimum Gasteiger partial charge on any atom is -0.353 e. The van der Waals surface area contributed by atoms with Crippen molar-refractivity contribution in [1.82, 2.24) is 16.0 Å². The molecule has 0 bridgehead atoms. The van der Waals surface area contributed by atoms with Crippen LogP contribution in [-0.2, 0) is 16.0 Å². The Hall–Kier alpha value is -1.95. The molecule has 0 aliphatic carbocycles. The SMILES string of the molecule is CCCNCCNC(=O)CNC(=O)Cc1cccc(F)c1. The molecule has 21 heavy (non-hydrogen) atoms. The zero-order valence-electron chi connectivity index (χ0n) is 12.2. The van der Waals surface area contributed by atoms with Crippen LogP contribution in [-0.4, -0.2) is 38.0 Å². The van der Waals surface area contributed by atoms with Gasteiger partial charge >= 0.3 is 0 Å². The van der Waals surface area contributed by atoms with E-state index in [1.807, 2.05) is 0 Å². The normalized spacial score (nSPS) is 10.2. The Morgan fingerprint density at radius 1 is 1.10 bits per heavy atom. The van der Waals surface area contributed by atoms with Gasteiger partial charge in [-0.25, -0.2) is 4.39 Å². The van der Waals surface area contributed by atoms with Gasteiger partial charge in [-0.3, -0.25) is 9.59 Å². The highest BCUT2D eigenvalue weighted by Crippen LogP contribution is 2.03. The number of hydrogen-bond acceptors (Lipinski definition) is 3. The van der Waals surface area contributed by atoms with Gasteiger partial charge in [0.25, 0.3) is 0 Å². The largest absolute Gasteiger partial charge is 0.353 e. The van der Waals surface area contributed by atoms with E-state index in [2.05, 4.69) is 22.9 Å². The van der Waals surface area contributed by atoms with E-state index in [1.54, 1.807) is 12.1 Å². The highest BCUT2D eigenvalue weighted by atomic mass is 19.1. The lowest BCUT2D eigenvalue weighted by Crippen LogP contribution is -2.40. The quantitative estimate of drug-likeness (QED) is 0.584. The molecule has 2 amide bonds. The molecule has 3 N–H and O–H groups in total. The number of nitrogens with one attached hydrogen (secondary N) is 3. The summed E-state index contributed by atoms with van der Waals surface area (Å²) in [5, 5.41) is 8.36. The molecule has 0 aliphatic heterocycles. The Morgan fingerprint density at radius 3 is 2.62 bits per heavy atom. The van der Waals surface area contributed by atoms with Crippen molar-refractivity contribution in [2.75, 3.05) is 26.2 Å².